The number of hydrogen-bond donors (Lipinski definition) is 1. The smallest absolute Gasteiger partial charge is 0.255 e. The predicted molar refractivity (Wildman–Crippen MR) is 113 cm³/mol. The molecule has 0 bridgehead atoms. The molecule has 8 heteroatoms. The minimum Gasteiger partial charge on any atom is -0.306 e. The van der Waals surface area contributed by atoms with Gasteiger partial charge in [-0.1, -0.05) is 0 Å². The maximum atomic E-state index is 13.1. The molecule has 4 aromatic rings. The largest absolute Gasteiger partial charge is 0.306 e. The molecule has 0 unspecified atom stereocenters. The molecular formula is C22H18FN5OS. The van der Waals surface area contributed by atoms with Crippen molar-refractivity contribution in [2.75, 3.05) is 6.54 Å². The van der Waals surface area contributed by atoms with E-state index in [9.17, 15) is 9.18 Å². The minimum absolute atomic E-state index is 0.0974. The number of nitrogens with zero attached hydrogens (tertiary/aromatic N) is 4. The molecule has 0 atom stereocenters. The maximum Gasteiger partial charge on any atom is 0.255 e. The number of benzene rings is 1. The summed E-state index contributed by atoms with van der Waals surface area (Å²) in [5.74, 6) is 0.305. The third kappa shape index (κ3) is 3.79. The molecule has 1 aliphatic rings. The van der Waals surface area contributed by atoms with Crippen LogP contribution < -0.4 is 5.56 Å². The molecular weight excluding hydrogens is 401 g/mol. The summed E-state index contributed by atoms with van der Waals surface area (Å²) in [6.45, 7) is 2.08. The highest BCUT2D eigenvalue weighted by Gasteiger charge is 2.22. The Labute approximate surface area is 176 Å². The van der Waals surface area contributed by atoms with E-state index in [1.54, 1.807) is 35.9 Å². The van der Waals surface area contributed by atoms with Crippen LogP contribution >= 0.6 is 11.3 Å². The monoisotopic (exact) mass is 419 g/mol. The fourth-order valence-corrected chi connectivity index (χ4v) is 4.54. The first-order valence-electron chi connectivity index (χ1n) is 9.61. The molecule has 30 heavy (non-hydrogen) atoms. The number of thiazole rings is 1. The van der Waals surface area contributed by atoms with Gasteiger partial charge in [-0.25, -0.2) is 14.4 Å². The molecule has 0 aliphatic carbocycles. The van der Waals surface area contributed by atoms with Gasteiger partial charge in [-0.2, -0.15) is 0 Å². The number of pyridine rings is 1. The molecule has 1 aromatic carbocycles. The van der Waals surface area contributed by atoms with Crippen LogP contribution in [-0.4, -0.2) is 31.4 Å². The first kappa shape index (κ1) is 18.8. The summed E-state index contributed by atoms with van der Waals surface area (Å²) in [7, 11) is 0. The van der Waals surface area contributed by atoms with Gasteiger partial charge in [0.05, 0.1) is 11.3 Å². The highest BCUT2D eigenvalue weighted by Crippen LogP contribution is 2.27. The lowest BCUT2D eigenvalue weighted by Gasteiger charge is -2.27. The van der Waals surface area contributed by atoms with Gasteiger partial charge in [0.1, 0.15) is 16.6 Å². The Morgan fingerprint density at radius 1 is 1.13 bits per heavy atom. The Hall–Kier alpha value is -3.23. The number of H-pyrrole nitrogens is 1. The number of aromatic amines is 1. The predicted octanol–water partition coefficient (Wildman–Crippen LogP) is 3.65. The molecule has 0 spiro atoms. The van der Waals surface area contributed by atoms with E-state index in [2.05, 4.69) is 24.8 Å². The SMILES string of the molecule is O=c1[nH]c(-c2cccnc2)nc2c1CN(Cc1cnc(-c3ccc(F)cc3)s1)CC2. The van der Waals surface area contributed by atoms with E-state index in [1.807, 2.05) is 18.3 Å². The lowest BCUT2D eigenvalue weighted by Crippen LogP contribution is -2.35. The molecule has 1 N–H and O–H groups in total. The van der Waals surface area contributed by atoms with Crippen LogP contribution in [0.3, 0.4) is 0 Å². The minimum atomic E-state index is -0.256. The van der Waals surface area contributed by atoms with Crippen molar-refractivity contribution in [3.63, 3.8) is 0 Å². The van der Waals surface area contributed by atoms with Crippen molar-refractivity contribution in [3.8, 4) is 22.0 Å². The van der Waals surface area contributed by atoms with Crippen LogP contribution in [0.15, 0.2) is 59.8 Å². The molecule has 0 radical (unpaired) electrons. The second-order valence-electron chi connectivity index (χ2n) is 7.18. The summed E-state index contributed by atoms with van der Waals surface area (Å²) in [5.41, 5.74) is 3.18. The highest BCUT2D eigenvalue weighted by atomic mass is 32.1. The van der Waals surface area contributed by atoms with Gasteiger partial charge in [0.25, 0.3) is 5.56 Å². The van der Waals surface area contributed by atoms with Crippen molar-refractivity contribution >= 4 is 11.3 Å². The second kappa shape index (κ2) is 7.89. The van der Waals surface area contributed by atoms with E-state index in [4.69, 9.17) is 0 Å². The van der Waals surface area contributed by atoms with Gasteiger partial charge < -0.3 is 4.98 Å². The average molecular weight is 419 g/mol. The van der Waals surface area contributed by atoms with Crippen LogP contribution in [0.4, 0.5) is 4.39 Å². The van der Waals surface area contributed by atoms with Crippen molar-refractivity contribution < 1.29 is 4.39 Å². The molecule has 0 fully saturated rings. The van der Waals surface area contributed by atoms with Gasteiger partial charge in [-0.15, -0.1) is 11.3 Å². The van der Waals surface area contributed by atoms with Crippen LogP contribution in [0.2, 0.25) is 0 Å². The van der Waals surface area contributed by atoms with Gasteiger partial charge >= 0.3 is 0 Å². The molecule has 0 saturated heterocycles. The number of rotatable bonds is 4. The van der Waals surface area contributed by atoms with Crippen LogP contribution in [0.1, 0.15) is 16.1 Å². The Bertz CT molecular complexity index is 1240. The van der Waals surface area contributed by atoms with E-state index >= 15 is 0 Å². The van der Waals surface area contributed by atoms with Gasteiger partial charge in [-0.05, 0) is 36.4 Å². The second-order valence-corrected chi connectivity index (χ2v) is 8.30. The van der Waals surface area contributed by atoms with E-state index in [0.717, 1.165) is 45.2 Å². The van der Waals surface area contributed by atoms with Gasteiger partial charge in [-0.3, -0.25) is 14.7 Å². The average Bonchev–Trinajstić information content (AvgIpc) is 3.23. The van der Waals surface area contributed by atoms with E-state index in [1.165, 1.54) is 12.1 Å². The lowest BCUT2D eigenvalue weighted by atomic mass is 10.1. The van der Waals surface area contributed by atoms with E-state index < -0.39 is 0 Å². The zero-order chi connectivity index (χ0) is 20.5. The first-order chi connectivity index (χ1) is 14.7. The van der Waals surface area contributed by atoms with Crippen molar-refractivity contribution in [1.82, 2.24) is 24.8 Å². The Balaban J connectivity index is 1.33. The summed E-state index contributed by atoms with van der Waals surface area (Å²) in [5, 5.41) is 0.864. The third-order valence-electron chi connectivity index (χ3n) is 5.11. The topological polar surface area (TPSA) is 74.8 Å². The van der Waals surface area contributed by atoms with Crippen LogP contribution in [0, 0.1) is 5.82 Å². The Kier molecular flexibility index (Phi) is 4.94. The van der Waals surface area contributed by atoms with Crippen LogP contribution in [-0.2, 0) is 19.5 Å². The molecule has 4 heterocycles. The normalized spacial score (nSPS) is 13.9. The van der Waals surface area contributed by atoms with Crippen molar-refractivity contribution in [1.29, 1.82) is 0 Å². The number of aromatic nitrogens is 4. The quantitative estimate of drug-likeness (QED) is 0.547. The molecule has 0 amide bonds. The van der Waals surface area contributed by atoms with E-state index in [0.29, 0.717) is 18.9 Å². The van der Waals surface area contributed by atoms with Crippen molar-refractivity contribution in [3.05, 3.63) is 87.3 Å². The zero-order valence-electron chi connectivity index (χ0n) is 16.0. The fraction of sp³-hybridized carbons (Fsp3) is 0.182. The summed E-state index contributed by atoms with van der Waals surface area (Å²) in [4.78, 5) is 32.2. The summed E-state index contributed by atoms with van der Waals surface area (Å²) >= 11 is 1.59. The number of hydrogen-bond acceptors (Lipinski definition) is 6. The summed E-state index contributed by atoms with van der Waals surface area (Å²) in [6.07, 6.45) is 5.96. The number of nitrogens with one attached hydrogen (secondary N) is 1. The van der Waals surface area contributed by atoms with E-state index in [-0.39, 0.29) is 11.4 Å². The number of fused-ring (bicyclic) bond motifs is 1. The van der Waals surface area contributed by atoms with Gasteiger partial charge in [0, 0.05) is 60.6 Å². The zero-order valence-corrected chi connectivity index (χ0v) is 16.8. The van der Waals surface area contributed by atoms with Crippen LogP contribution in [0.25, 0.3) is 22.0 Å². The van der Waals surface area contributed by atoms with Gasteiger partial charge in [0.15, 0.2) is 0 Å². The molecule has 5 rings (SSSR count). The van der Waals surface area contributed by atoms with Crippen LogP contribution in [0.5, 0.6) is 0 Å². The molecule has 3 aromatic heterocycles. The third-order valence-corrected chi connectivity index (χ3v) is 6.14. The molecule has 0 saturated carbocycles. The lowest BCUT2D eigenvalue weighted by molar-refractivity contribution is 0.244. The molecule has 1 aliphatic heterocycles. The van der Waals surface area contributed by atoms with Gasteiger partial charge in [0.2, 0.25) is 0 Å². The maximum absolute atomic E-state index is 13.1. The Morgan fingerprint density at radius 2 is 2.00 bits per heavy atom. The first-order valence-corrected chi connectivity index (χ1v) is 10.4. The number of halogens is 1. The fourth-order valence-electron chi connectivity index (χ4n) is 3.58. The summed E-state index contributed by atoms with van der Waals surface area (Å²) < 4.78 is 13.1. The molecule has 6 nitrogen and oxygen atoms in total. The van der Waals surface area contributed by atoms with Crippen molar-refractivity contribution in [2.45, 2.75) is 19.5 Å². The summed E-state index contributed by atoms with van der Waals surface area (Å²) in [6, 6.07) is 10.1. The molecule has 150 valence electrons. The highest BCUT2D eigenvalue weighted by molar-refractivity contribution is 7.15. The standard InChI is InChI=1S/C22H18FN5OS/c23-16-5-3-14(4-6-16)22-25-11-17(30-22)12-28-9-7-19-18(13-28)21(29)27-20(26-19)15-2-1-8-24-10-15/h1-6,8,10-11H,7,9,12-13H2,(H,26,27,29). The van der Waals surface area contributed by atoms with Crippen molar-refractivity contribution in [2.24, 2.45) is 0 Å². The Morgan fingerprint density at radius 3 is 2.80 bits per heavy atom.